The summed E-state index contributed by atoms with van der Waals surface area (Å²) in [7, 11) is 0. The number of hydrogen-bond acceptors (Lipinski definition) is 2. The fourth-order valence-electron chi connectivity index (χ4n) is 4.21. The third kappa shape index (κ3) is 7.70. The average molecular weight is 577 g/mol. The number of carboxylic acids is 1. The Hall–Kier alpha value is -3.70. The van der Waals surface area contributed by atoms with Crippen molar-refractivity contribution < 1.29 is 49.4 Å². The zero-order valence-electron chi connectivity index (χ0n) is 21.1. The Morgan fingerprint density at radius 2 is 1.32 bits per heavy atom. The van der Waals surface area contributed by atoms with Crippen molar-refractivity contribution in [2.75, 3.05) is 5.32 Å². The molecular formula is C28H24F9NO2. The van der Waals surface area contributed by atoms with Gasteiger partial charge in [0.15, 0.2) is 0 Å². The minimum Gasteiger partial charge on any atom is -0.481 e. The summed E-state index contributed by atoms with van der Waals surface area (Å²) in [5.74, 6) is -2.33. The van der Waals surface area contributed by atoms with Crippen molar-refractivity contribution in [3.8, 4) is 11.1 Å². The molecule has 40 heavy (non-hydrogen) atoms. The van der Waals surface area contributed by atoms with Crippen molar-refractivity contribution in [1.29, 1.82) is 0 Å². The van der Waals surface area contributed by atoms with Crippen LogP contribution in [0.2, 0.25) is 0 Å². The van der Waals surface area contributed by atoms with E-state index in [-0.39, 0.29) is 34.7 Å². The van der Waals surface area contributed by atoms with Crippen LogP contribution in [0.25, 0.3) is 11.1 Å². The highest BCUT2D eigenvalue weighted by molar-refractivity contribution is 5.79. The highest BCUT2D eigenvalue weighted by atomic mass is 19.4. The van der Waals surface area contributed by atoms with Gasteiger partial charge in [-0.1, -0.05) is 32.0 Å². The monoisotopic (exact) mass is 577 g/mol. The predicted octanol–water partition coefficient (Wildman–Crippen LogP) is 9.24. The van der Waals surface area contributed by atoms with Crippen molar-refractivity contribution in [1.82, 2.24) is 0 Å². The second-order valence-electron chi connectivity index (χ2n) is 9.66. The summed E-state index contributed by atoms with van der Waals surface area (Å²) in [5, 5.41) is 12.5. The molecule has 12 heteroatoms. The van der Waals surface area contributed by atoms with Gasteiger partial charge in [-0.25, -0.2) is 0 Å². The molecule has 0 aliphatic rings. The van der Waals surface area contributed by atoms with E-state index in [0.29, 0.717) is 18.2 Å². The van der Waals surface area contributed by atoms with Crippen LogP contribution in [0, 0.1) is 5.92 Å². The van der Waals surface area contributed by atoms with E-state index < -0.39 is 59.2 Å². The molecule has 1 unspecified atom stereocenters. The number of rotatable bonds is 8. The Morgan fingerprint density at radius 1 is 0.750 bits per heavy atom. The van der Waals surface area contributed by atoms with E-state index in [1.165, 1.54) is 30.3 Å². The van der Waals surface area contributed by atoms with E-state index in [2.05, 4.69) is 5.32 Å². The Labute approximate surface area is 223 Å². The van der Waals surface area contributed by atoms with E-state index in [1.807, 2.05) is 0 Å². The normalized spacial score (nSPS) is 13.4. The zero-order valence-corrected chi connectivity index (χ0v) is 21.1. The SMILES string of the molecule is CC(C)CC(C(=O)O)c1cc(NCc2cc(C(F)(F)F)ccc2C(F)(F)F)cc(-c2ccc(C(F)(F)F)cc2)c1. The lowest BCUT2D eigenvalue weighted by Crippen LogP contribution is -2.16. The van der Waals surface area contributed by atoms with Gasteiger partial charge >= 0.3 is 24.5 Å². The third-order valence-corrected chi connectivity index (χ3v) is 6.13. The van der Waals surface area contributed by atoms with E-state index in [9.17, 15) is 49.4 Å². The number of nitrogens with one attached hydrogen (secondary N) is 1. The quantitative estimate of drug-likeness (QED) is 0.263. The minimum absolute atomic E-state index is 0.0768. The zero-order chi connectivity index (χ0) is 30.0. The van der Waals surface area contributed by atoms with Crippen LogP contribution in [0.5, 0.6) is 0 Å². The molecule has 0 saturated heterocycles. The summed E-state index contributed by atoms with van der Waals surface area (Å²) >= 11 is 0. The molecule has 1 atom stereocenters. The van der Waals surface area contributed by atoms with E-state index >= 15 is 0 Å². The Kier molecular flexibility index (Phi) is 8.80. The first-order chi connectivity index (χ1) is 18.4. The van der Waals surface area contributed by atoms with Crippen LogP contribution in [-0.2, 0) is 29.9 Å². The largest absolute Gasteiger partial charge is 0.481 e. The van der Waals surface area contributed by atoms with E-state index in [0.717, 1.165) is 12.1 Å². The van der Waals surface area contributed by atoms with Crippen LogP contribution < -0.4 is 5.32 Å². The van der Waals surface area contributed by atoms with Crippen molar-refractivity contribution in [3.05, 3.63) is 88.5 Å². The van der Waals surface area contributed by atoms with Crippen LogP contribution >= 0.6 is 0 Å². The lowest BCUT2D eigenvalue weighted by molar-refractivity contribution is -0.141. The molecule has 0 saturated carbocycles. The average Bonchev–Trinajstić information content (AvgIpc) is 2.84. The standard InChI is InChI=1S/C28H24F9NO2/c1-15(2)9-23(25(39)40)18-10-17(16-3-5-20(6-4-16)26(29,30)31)12-22(13-18)38-14-19-11-21(27(32,33)34)7-8-24(19)28(35,36)37/h3-8,10-13,15,23,38H,9,14H2,1-2H3,(H,39,40). The van der Waals surface area contributed by atoms with Gasteiger partial charge < -0.3 is 10.4 Å². The van der Waals surface area contributed by atoms with Gasteiger partial charge in [0.25, 0.3) is 0 Å². The molecule has 0 aliphatic carbocycles. The second kappa shape index (κ2) is 11.4. The highest BCUT2D eigenvalue weighted by Gasteiger charge is 2.37. The molecule has 3 rings (SSSR count). The van der Waals surface area contributed by atoms with Gasteiger partial charge in [-0.15, -0.1) is 0 Å². The maximum Gasteiger partial charge on any atom is 0.416 e. The number of aliphatic carboxylic acids is 1. The van der Waals surface area contributed by atoms with Crippen LogP contribution in [0.3, 0.4) is 0 Å². The number of carbonyl (C=O) groups is 1. The Balaban J connectivity index is 2.09. The van der Waals surface area contributed by atoms with Crippen molar-refractivity contribution in [2.45, 2.75) is 51.3 Å². The van der Waals surface area contributed by atoms with Crippen LogP contribution in [0.15, 0.2) is 60.7 Å². The van der Waals surface area contributed by atoms with Crippen LogP contribution in [0.1, 0.15) is 54.0 Å². The first kappa shape index (κ1) is 30.8. The van der Waals surface area contributed by atoms with Crippen molar-refractivity contribution in [3.63, 3.8) is 0 Å². The minimum atomic E-state index is -4.94. The summed E-state index contributed by atoms with van der Waals surface area (Å²) in [6.45, 7) is 2.86. The molecule has 0 radical (unpaired) electrons. The number of carboxylic acid groups (broad SMARTS) is 1. The number of alkyl halides is 9. The summed E-state index contributed by atoms with van der Waals surface area (Å²) in [6.07, 6.45) is -14.3. The maximum absolute atomic E-state index is 13.5. The molecular weight excluding hydrogens is 553 g/mol. The lowest BCUT2D eigenvalue weighted by atomic mass is 9.88. The van der Waals surface area contributed by atoms with E-state index in [4.69, 9.17) is 0 Å². The third-order valence-electron chi connectivity index (χ3n) is 6.13. The molecule has 3 aromatic rings. The second-order valence-corrected chi connectivity index (χ2v) is 9.66. The van der Waals surface area contributed by atoms with Gasteiger partial charge in [-0.05, 0) is 77.1 Å². The fraction of sp³-hybridized carbons (Fsp3) is 0.321. The predicted molar refractivity (Wildman–Crippen MR) is 130 cm³/mol. The number of hydrogen-bond donors (Lipinski definition) is 2. The molecule has 0 amide bonds. The van der Waals surface area contributed by atoms with Gasteiger partial charge in [0, 0.05) is 12.2 Å². The molecule has 0 heterocycles. The first-order valence-electron chi connectivity index (χ1n) is 11.9. The smallest absolute Gasteiger partial charge is 0.416 e. The van der Waals surface area contributed by atoms with Crippen LogP contribution in [0.4, 0.5) is 45.2 Å². The van der Waals surface area contributed by atoms with Gasteiger partial charge in [0.2, 0.25) is 0 Å². The Morgan fingerprint density at radius 3 is 1.82 bits per heavy atom. The van der Waals surface area contributed by atoms with Crippen molar-refractivity contribution in [2.24, 2.45) is 5.92 Å². The molecule has 0 fully saturated rings. The van der Waals surface area contributed by atoms with E-state index in [1.54, 1.807) is 13.8 Å². The molecule has 0 aliphatic heterocycles. The van der Waals surface area contributed by atoms with Crippen molar-refractivity contribution >= 4 is 11.7 Å². The molecule has 0 aromatic heterocycles. The fourth-order valence-corrected chi connectivity index (χ4v) is 4.21. The molecule has 3 nitrogen and oxygen atoms in total. The summed E-state index contributed by atoms with van der Waals surface area (Å²) in [4.78, 5) is 12.0. The van der Waals surface area contributed by atoms with Gasteiger partial charge in [-0.2, -0.15) is 39.5 Å². The number of anilines is 1. The summed E-state index contributed by atoms with van der Waals surface area (Å²) in [5.41, 5.74) is -3.34. The molecule has 0 spiro atoms. The number of halogens is 9. The van der Waals surface area contributed by atoms with Gasteiger partial charge in [0.05, 0.1) is 22.6 Å². The molecule has 2 N–H and O–H groups in total. The molecule has 216 valence electrons. The lowest BCUT2D eigenvalue weighted by Gasteiger charge is -2.20. The summed E-state index contributed by atoms with van der Waals surface area (Å²) in [6, 6.07) is 9.24. The first-order valence-corrected chi connectivity index (χ1v) is 11.9. The molecule has 0 bridgehead atoms. The number of benzene rings is 3. The Bertz CT molecular complexity index is 1340. The summed E-state index contributed by atoms with van der Waals surface area (Å²) < 4.78 is 119. The van der Waals surface area contributed by atoms with Gasteiger partial charge in [-0.3, -0.25) is 4.79 Å². The van der Waals surface area contributed by atoms with Gasteiger partial charge in [0.1, 0.15) is 0 Å². The topological polar surface area (TPSA) is 49.3 Å². The van der Waals surface area contributed by atoms with Crippen LogP contribution in [-0.4, -0.2) is 11.1 Å². The molecule has 3 aromatic carbocycles. The highest BCUT2D eigenvalue weighted by Crippen LogP contribution is 2.38. The maximum atomic E-state index is 13.5.